The van der Waals surface area contributed by atoms with Crippen LogP contribution < -0.4 is 10.1 Å². The standard InChI is InChI=1S/C22H21N5O3S/c1-30-18-7-6-12(19-20-16(23-11-24-20)9-17(25-19)21(28)29)8-13(18)10-31-22-26-14-4-2-3-5-15(14)27-22/h2-8,11,17,19,25H,9-10H2,1H3,(H,23,24)(H,26,27)(H,28,29)/t17-,19+/m0/s1. The lowest BCUT2D eigenvalue weighted by atomic mass is 9.93. The van der Waals surface area contributed by atoms with Crippen molar-refractivity contribution in [3.8, 4) is 5.75 Å². The second-order valence-electron chi connectivity index (χ2n) is 7.38. The number of imidazole rings is 2. The molecule has 2 aromatic carbocycles. The molecule has 0 amide bonds. The fourth-order valence-corrected chi connectivity index (χ4v) is 4.80. The molecule has 0 spiro atoms. The Labute approximate surface area is 182 Å². The Balaban J connectivity index is 1.43. The molecule has 1 aliphatic rings. The third kappa shape index (κ3) is 3.77. The molecule has 0 saturated carbocycles. The Kier molecular flexibility index (Phi) is 5.13. The minimum atomic E-state index is -0.876. The van der Waals surface area contributed by atoms with Crippen molar-refractivity contribution in [2.24, 2.45) is 0 Å². The summed E-state index contributed by atoms with van der Waals surface area (Å²) in [6.45, 7) is 0. The van der Waals surface area contributed by atoms with Crippen molar-refractivity contribution in [1.82, 2.24) is 25.3 Å². The van der Waals surface area contributed by atoms with Gasteiger partial charge in [0.15, 0.2) is 5.16 Å². The number of nitrogens with one attached hydrogen (secondary N) is 3. The Morgan fingerprint density at radius 2 is 2.16 bits per heavy atom. The van der Waals surface area contributed by atoms with E-state index in [1.807, 2.05) is 36.4 Å². The van der Waals surface area contributed by atoms with Crippen molar-refractivity contribution in [1.29, 1.82) is 0 Å². The summed E-state index contributed by atoms with van der Waals surface area (Å²) >= 11 is 1.59. The van der Waals surface area contributed by atoms with Gasteiger partial charge in [0.05, 0.1) is 36.2 Å². The molecule has 0 aliphatic carbocycles. The van der Waals surface area contributed by atoms with E-state index in [9.17, 15) is 9.90 Å². The molecule has 0 fully saturated rings. The van der Waals surface area contributed by atoms with Crippen LogP contribution in [0.25, 0.3) is 11.0 Å². The number of ether oxygens (including phenoxy) is 1. The van der Waals surface area contributed by atoms with Crippen LogP contribution in [-0.2, 0) is 17.0 Å². The molecule has 4 N–H and O–H groups in total. The van der Waals surface area contributed by atoms with Gasteiger partial charge in [0.2, 0.25) is 0 Å². The average molecular weight is 436 g/mol. The first-order valence-corrected chi connectivity index (χ1v) is 10.9. The predicted molar refractivity (Wildman–Crippen MR) is 117 cm³/mol. The van der Waals surface area contributed by atoms with Gasteiger partial charge in [0.1, 0.15) is 11.8 Å². The number of nitrogens with zero attached hydrogens (tertiary/aromatic N) is 2. The summed E-state index contributed by atoms with van der Waals surface area (Å²) in [5.41, 5.74) is 5.57. The van der Waals surface area contributed by atoms with Gasteiger partial charge in [-0.25, -0.2) is 9.97 Å². The second-order valence-corrected chi connectivity index (χ2v) is 8.34. The van der Waals surface area contributed by atoms with Gasteiger partial charge in [-0.1, -0.05) is 30.0 Å². The molecule has 0 saturated heterocycles. The molecule has 2 atom stereocenters. The number of carboxylic acids is 1. The number of methoxy groups -OCH3 is 1. The summed E-state index contributed by atoms with van der Waals surface area (Å²) in [7, 11) is 1.65. The van der Waals surface area contributed by atoms with Gasteiger partial charge >= 0.3 is 5.97 Å². The number of aliphatic carboxylic acids is 1. The largest absolute Gasteiger partial charge is 0.496 e. The maximum absolute atomic E-state index is 11.6. The van der Waals surface area contributed by atoms with E-state index in [-0.39, 0.29) is 6.04 Å². The number of rotatable bonds is 6. The molecule has 2 aromatic heterocycles. The summed E-state index contributed by atoms with van der Waals surface area (Å²) < 4.78 is 5.57. The van der Waals surface area contributed by atoms with Gasteiger partial charge in [-0.2, -0.15) is 0 Å². The molecule has 4 aromatic rings. The fourth-order valence-electron chi connectivity index (χ4n) is 3.93. The molecule has 5 rings (SSSR count). The van der Waals surface area contributed by atoms with Crippen LogP contribution in [0, 0.1) is 0 Å². The number of thioether (sulfide) groups is 1. The average Bonchev–Trinajstić information content (AvgIpc) is 3.43. The number of benzene rings is 2. The van der Waals surface area contributed by atoms with Crippen molar-refractivity contribution in [3.05, 3.63) is 71.3 Å². The minimum absolute atomic E-state index is 0.308. The lowest BCUT2D eigenvalue weighted by Gasteiger charge is -2.28. The van der Waals surface area contributed by atoms with Crippen molar-refractivity contribution in [3.63, 3.8) is 0 Å². The van der Waals surface area contributed by atoms with E-state index in [1.54, 1.807) is 25.2 Å². The van der Waals surface area contributed by atoms with Crippen LogP contribution in [0.3, 0.4) is 0 Å². The normalized spacial score (nSPS) is 18.1. The van der Waals surface area contributed by atoms with Crippen molar-refractivity contribution >= 4 is 28.8 Å². The Morgan fingerprint density at radius 1 is 1.29 bits per heavy atom. The monoisotopic (exact) mass is 435 g/mol. The van der Waals surface area contributed by atoms with Crippen LogP contribution in [0.2, 0.25) is 0 Å². The molecule has 1 aliphatic heterocycles. The first kappa shape index (κ1) is 19.7. The SMILES string of the molecule is COc1ccc([C@H]2N[C@H](C(=O)O)Cc3[nH]cnc32)cc1CSc1nc2ccccc2[nH]1. The van der Waals surface area contributed by atoms with Crippen LogP contribution >= 0.6 is 11.8 Å². The number of hydrogen-bond donors (Lipinski definition) is 4. The van der Waals surface area contributed by atoms with Gasteiger partial charge in [0.25, 0.3) is 0 Å². The van der Waals surface area contributed by atoms with Crippen LogP contribution in [0.1, 0.15) is 28.6 Å². The topological polar surface area (TPSA) is 116 Å². The summed E-state index contributed by atoms with van der Waals surface area (Å²) in [4.78, 5) is 27.1. The van der Waals surface area contributed by atoms with Gasteiger partial charge in [-0.05, 0) is 29.8 Å². The lowest BCUT2D eigenvalue weighted by Crippen LogP contribution is -2.45. The molecule has 0 unspecified atom stereocenters. The maximum atomic E-state index is 11.6. The molecule has 0 bridgehead atoms. The van der Waals surface area contributed by atoms with Gasteiger partial charge < -0.3 is 19.8 Å². The zero-order chi connectivity index (χ0) is 21.4. The Bertz CT molecular complexity index is 1220. The highest BCUT2D eigenvalue weighted by Gasteiger charge is 2.33. The van der Waals surface area contributed by atoms with Crippen LogP contribution in [0.5, 0.6) is 5.75 Å². The third-order valence-electron chi connectivity index (χ3n) is 5.47. The van der Waals surface area contributed by atoms with Crippen molar-refractivity contribution in [2.45, 2.75) is 29.4 Å². The molecule has 0 radical (unpaired) electrons. The summed E-state index contributed by atoms with van der Waals surface area (Å²) in [6.07, 6.45) is 2.00. The molecule has 9 heteroatoms. The van der Waals surface area contributed by atoms with E-state index in [0.717, 1.165) is 44.5 Å². The highest BCUT2D eigenvalue weighted by atomic mass is 32.2. The molecule has 158 valence electrons. The summed E-state index contributed by atoms with van der Waals surface area (Å²) in [6, 6.07) is 12.9. The van der Waals surface area contributed by atoms with Crippen LogP contribution in [0.4, 0.5) is 0 Å². The van der Waals surface area contributed by atoms with Crippen molar-refractivity contribution < 1.29 is 14.6 Å². The lowest BCUT2D eigenvalue weighted by molar-refractivity contribution is -0.139. The smallest absolute Gasteiger partial charge is 0.321 e. The molecule has 8 nitrogen and oxygen atoms in total. The van der Waals surface area contributed by atoms with E-state index in [1.165, 1.54) is 0 Å². The highest BCUT2D eigenvalue weighted by Crippen LogP contribution is 2.34. The summed E-state index contributed by atoms with van der Waals surface area (Å²) in [5, 5.41) is 13.6. The molecule has 31 heavy (non-hydrogen) atoms. The number of para-hydroxylation sites is 2. The Morgan fingerprint density at radius 3 is 2.97 bits per heavy atom. The molecular weight excluding hydrogens is 414 g/mol. The van der Waals surface area contributed by atoms with E-state index < -0.39 is 12.0 Å². The molecular formula is C22H21N5O3S. The van der Waals surface area contributed by atoms with Gasteiger partial charge in [-0.3, -0.25) is 10.1 Å². The highest BCUT2D eigenvalue weighted by molar-refractivity contribution is 7.98. The van der Waals surface area contributed by atoms with Crippen LogP contribution in [-0.4, -0.2) is 44.2 Å². The zero-order valence-electron chi connectivity index (χ0n) is 16.8. The number of aromatic amines is 2. The third-order valence-corrected chi connectivity index (χ3v) is 6.39. The number of carbonyl (C=O) groups is 1. The number of carboxylic acid groups (broad SMARTS) is 1. The number of fused-ring (bicyclic) bond motifs is 2. The maximum Gasteiger partial charge on any atom is 0.321 e. The van der Waals surface area contributed by atoms with Gasteiger partial charge in [0, 0.05) is 23.4 Å². The molecule has 3 heterocycles. The van der Waals surface area contributed by atoms with Gasteiger partial charge in [-0.15, -0.1) is 0 Å². The number of H-pyrrole nitrogens is 2. The Hall–Kier alpha value is -3.30. The quantitative estimate of drug-likeness (QED) is 0.344. The zero-order valence-corrected chi connectivity index (χ0v) is 17.6. The second kappa shape index (κ2) is 8.09. The van der Waals surface area contributed by atoms with Crippen LogP contribution in [0.15, 0.2) is 53.9 Å². The summed E-state index contributed by atoms with van der Waals surface area (Å²) in [5.74, 6) is 0.555. The first-order valence-electron chi connectivity index (χ1n) is 9.87. The fraction of sp³-hybridized carbons (Fsp3) is 0.227. The van der Waals surface area contributed by atoms with E-state index in [2.05, 4.69) is 31.3 Å². The van der Waals surface area contributed by atoms with E-state index in [0.29, 0.717) is 12.2 Å². The van der Waals surface area contributed by atoms with E-state index >= 15 is 0 Å². The number of aromatic nitrogens is 4. The predicted octanol–water partition coefficient (Wildman–Crippen LogP) is 3.28. The van der Waals surface area contributed by atoms with E-state index in [4.69, 9.17) is 4.74 Å². The number of hydrogen-bond acceptors (Lipinski definition) is 6. The minimum Gasteiger partial charge on any atom is -0.496 e. The first-order chi connectivity index (χ1) is 15.1. The van der Waals surface area contributed by atoms with Crippen molar-refractivity contribution in [2.75, 3.05) is 7.11 Å².